The lowest BCUT2D eigenvalue weighted by molar-refractivity contribution is 0.199. The summed E-state index contributed by atoms with van der Waals surface area (Å²) in [6, 6.07) is 8.26. The molecule has 1 aromatic rings. The van der Waals surface area contributed by atoms with Crippen LogP contribution in [0.3, 0.4) is 0 Å². The molecule has 1 unspecified atom stereocenters. The van der Waals surface area contributed by atoms with Gasteiger partial charge in [-0.15, -0.1) is 0 Å². The minimum atomic E-state index is -0.527. The van der Waals surface area contributed by atoms with E-state index >= 15 is 0 Å². The van der Waals surface area contributed by atoms with Crippen LogP contribution in [-0.4, -0.2) is 42.7 Å². The van der Waals surface area contributed by atoms with Crippen molar-refractivity contribution in [1.29, 1.82) is 5.26 Å². The number of benzene rings is 1. The SMILES string of the molecule is CCN1CCCC1CN(C)c1cc(C#N)ccc1[C@H](C)O. The second-order valence-electron chi connectivity index (χ2n) is 5.87. The maximum atomic E-state index is 9.96. The van der Waals surface area contributed by atoms with E-state index in [1.54, 1.807) is 13.0 Å². The van der Waals surface area contributed by atoms with Crippen molar-refractivity contribution in [2.45, 2.75) is 38.8 Å². The van der Waals surface area contributed by atoms with E-state index in [0.29, 0.717) is 11.6 Å². The fraction of sp³-hybridized carbons (Fsp3) is 0.588. The molecule has 0 saturated carbocycles. The zero-order valence-corrected chi connectivity index (χ0v) is 13.2. The van der Waals surface area contributed by atoms with E-state index in [9.17, 15) is 5.11 Å². The lowest BCUT2D eigenvalue weighted by Crippen LogP contribution is -2.39. The first-order chi connectivity index (χ1) is 10.1. The summed E-state index contributed by atoms with van der Waals surface area (Å²) in [6.45, 7) is 7.17. The number of rotatable bonds is 5. The van der Waals surface area contributed by atoms with Gasteiger partial charge in [0, 0.05) is 30.9 Å². The molecule has 1 heterocycles. The number of nitriles is 1. The topological polar surface area (TPSA) is 50.5 Å². The van der Waals surface area contributed by atoms with Crippen LogP contribution in [0.4, 0.5) is 5.69 Å². The normalized spacial score (nSPS) is 20.2. The zero-order chi connectivity index (χ0) is 15.4. The minimum Gasteiger partial charge on any atom is -0.389 e. The number of aliphatic hydroxyl groups is 1. The van der Waals surface area contributed by atoms with E-state index in [2.05, 4.69) is 29.8 Å². The Balaban J connectivity index is 2.21. The molecule has 4 heteroatoms. The molecule has 0 aliphatic carbocycles. The highest BCUT2D eigenvalue weighted by atomic mass is 16.3. The summed E-state index contributed by atoms with van der Waals surface area (Å²) in [5, 5.41) is 19.1. The van der Waals surface area contributed by atoms with Gasteiger partial charge in [-0.25, -0.2) is 0 Å². The summed E-state index contributed by atoms with van der Waals surface area (Å²) in [7, 11) is 2.05. The van der Waals surface area contributed by atoms with Crippen LogP contribution in [0.25, 0.3) is 0 Å². The largest absolute Gasteiger partial charge is 0.389 e. The third-order valence-electron chi connectivity index (χ3n) is 4.41. The smallest absolute Gasteiger partial charge is 0.0992 e. The van der Waals surface area contributed by atoms with Crippen LogP contribution in [0.1, 0.15) is 43.9 Å². The highest BCUT2D eigenvalue weighted by molar-refractivity contribution is 5.58. The Morgan fingerprint density at radius 1 is 1.52 bits per heavy atom. The van der Waals surface area contributed by atoms with Gasteiger partial charge in [0.15, 0.2) is 0 Å². The third kappa shape index (κ3) is 3.55. The van der Waals surface area contributed by atoms with Crippen LogP contribution in [0, 0.1) is 11.3 Å². The Morgan fingerprint density at radius 3 is 2.90 bits per heavy atom. The van der Waals surface area contributed by atoms with E-state index in [-0.39, 0.29) is 0 Å². The summed E-state index contributed by atoms with van der Waals surface area (Å²) < 4.78 is 0. The molecule has 1 saturated heterocycles. The van der Waals surface area contributed by atoms with Gasteiger partial charge in [-0.3, -0.25) is 4.90 Å². The van der Waals surface area contributed by atoms with Gasteiger partial charge in [-0.05, 0) is 45.0 Å². The first-order valence-electron chi connectivity index (χ1n) is 7.74. The molecular formula is C17H25N3O. The monoisotopic (exact) mass is 287 g/mol. The average molecular weight is 287 g/mol. The molecule has 1 N–H and O–H groups in total. The first kappa shape index (κ1) is 15.8. The molecule has 0 bridgehead atoms. The number of hydrogen-bond donors (Lipinski definition) is 1. The van der Waals surface area contributed by atoms with Crippen molar-refractivity contribution in [1.82, 2.24) is 4.90 Å². The summed E-state index contributed by atoms with van der Waals surface area (Å²) in [6.07, 6.45) is 1.95. The lowest BCUT2D eigenvalue weighted by Gasteiger charge is -2.30. The van der Waals surface area contributed by atoms with Crippen molar-refractivity contribution >= 4 is 5.69 Å². The fourth-order valence-corrected chi connectivity index (χ4v) is 3.23. The molecule has 0 aromatic heterocycles. The standard InChI is InChI=1S/C17H25N3O/c1-4-20-9-5-6-15(20)12-19(3)17-10-14(11-18)7-8-16(17)13(2)21/h7-8,10,13,15,21H,4-6,9,12H2,1-3H3/t13-,15?/m0/s1. The molecule has 1 fully saturated rings. The Morgan fingerprint density at radius 2 is 2.29 bits per heavy atom. The summed E-state index contributed by atoms with van der Waals surface area (Å²) in [4.78, 5) is 4.69. The number of aliphatic hydroxyl groups excluding tert-OH is 1. The van der Waals surface area contributed by atoms with Crippen molar-refractivity contribution in [3.8, 4) is 6.07 Å². The number of anilines is 1. The Labute approximate surface area is 127 Å². The van der Waals surface area contributed by atoms with Crippen LogP contribution >= 0.6 is 0 Å². The Hall–Kier alpha value is -1.57. The van der Waals surface area contributed by atoms with E-state index in [1.807, 2.05) is 12.1 Å². The Bertz CT molecular complexity index is 521. The van der Waals surface area contributed by atoms with Crippen molar-refractivity contribution in [2.24, 2.45) is 0 Å². The van der Waals surface area contributed by atoms with Gasteiger partial charge < -0.3 is 10.0 Å². The molecule has 2 atom stereocenters. The van der Waals surface area contributed by atoms with Crippen LogP contribution in [0.2, 0.25) is 0 Å². The van der Waals surface area contributed by atoms with Crippen LogP contribution < -0.4 is 4.90 Å². The summed E-state index contributed by atoms with van der Waals surface area (Å²) >= 11 is 0. The van der Waals surface area contributed by atoms with Gasteiger partial charge >= 0.3 is 0 Å². The highest BCUT2D eigenvalue weighted by Crippen LogP contribution is 2.28. The van der Waals surface area contributed by atoms with Gasteiger partial charge in [0.05, 0.1) is 17.7 Å². The molecule has 4 nitrogen and oxygen atoms in total. The van der Waals surface area contributed by atoms with Gasteiger partial charge in [0.1, 0.15) is 0 Å². The third-order valence-corrected chi connectivity index (χ3v) is 4.41. The summed E-state index contributed by atoms with van der Waals surface area (Å²) in [5.41, 5.74) is 2.49. The van der Waals surface area contributed by atoms with E-state index in [4.69, 9.17) is 5.26 Å². The van der Waals surface area contributed by atoms with E-state index < -0.39 is 6.10 Å². The van der Waals surface area contributed by atoms with Crippen LogP contribution in [0.5, 0.6) is 0 Å². The molecule has 2 rings (SSSR count). The molecule has 21 heavy (non-hydrogen) atoms. The number of likely N-dealkylation sites (tertiary alicyclic amines) is 1. The second-order valence-corrected chi connectivity index (χ2v) is 5.87. The molecule has 1 aliphatic heterocycles. The van der Waals surface area contributed by atoms with Crippen molar-refractivity contribution in [2.75, 3.05) is 31.6 Å². The lowest BCUT2D eigenvalue weighted by atomic mass is 10.0. The molecule has 1 aliphatic rings. The molecule has 114 valence electrons. The second kappa shape index (κ2) is 6.93. The molecule has 0 radical (unpaired) electrons. The Kier molecular flexibility index (Phi) is 5.22. The zero-order valence-electron chi connectivity index (χ0n) is 13.2. The first-order valence-corrected chi connectivity index (χ1v) is 7.74. The number of hydrogen-bond acceptors (Lipinski definition) is 4. The predicted molar refractivity (Wildman–Crippen MR) is 85.3 cm³/mol. The fourth-order valence-electron chi connectivity index (χ4n) is 3.23. The van der Waals surface area contributed by atoms with Gasteiger partial charge in [0.25, 0.3) is 0 Å². The molecule has 0 spiro atoms. The summed E-state index contributed by atoms with van der Waals surface area (Å²) in [5.74, 6) is 0. The maximum absolute atomic E-state index is 9.96. The average Bonchev–Trinajstić information content (AvgIpc) is 2.93. The van der Waals surface area contributed by atoms with Crippen LogP contribution in [-0.2, 0) is 0 Å². The maximum Gasteiger partial charge on any atom is 0.0992 e. The predicted octanol–water partition coefficient (Wildman–Crippen LogP) is 2.53. The van der Waals surface area contributed by atoms with Gasteiger partial charge in [-0.2, -0.15) is 5.26 Å². The quantitative estimate of drug-likeness (QED) is 0.904. The van der Waals surface area contributed by atoms with Gasteiger partial charge in [-0.1, -0.05) is 13.0 Å². The minimum absolute atomic E-state index is 0.527. The van der Waals surface area contributed by atoms with Crippen LogP contribution in [0.15, 0.2) is 18.2 Å². The van der Waals surface area contributed by atoms with Gasteiger partial charge in [0.2, 0.25) is 0 Å². The molecule has 0 amide bonds. The van der Waals surface area contributed by atoms with Crippen molar-refractivity contribution in [3.05, 3.63) is 29.3 Å². The van der Waals surface area contributed by atoms with E-state index in [0.717, 1.165) is 24.3 Å². The molecular weight excluding hydrogens is 262 g/mol. The molecule has 1 aromatic carbocycles. The highest BCUT2D eigenvalue weighted by Gasteiger charge is 2.25. The van der Waals surface area contributed by atoms with Crippen molar-refractivity contribution in [3.63, 3.8) is 0 Å². The van der Waals surface area contributed by atoms with Crippen molar-refractivity contribution < 1.29 is 5.11 Å². The number of nitrogens with zero attached hydrogens (tertiary/aromatic N) is 3. The number of likely N-dealkylation sites (N-methyl/N-ethyl adjacent to an activating group) is 2. The van der Waals surface area contributed by atoms with E-state index in [1.165, 1.54) is 19.4 Å².